The van der Waals surface area contributed by atoms with Crippen molar-refractivity contribution < 1.29 is 22.7 Å². The van der Waals surface area contributed by atoms with E-state index in [9.17, 15) is 13.2 Å². The third kappa shape index (κ3) is 6.09. The lowest BCUT2D eigenvalue weighted by molar-refractivity contribution is 0.0116. The van der Waals surface area contributed by atoms with Gasteiger partial charge in [-0.05, 0) is 44.5 Å². The summed E-state index contributed by atoms with van der Waals surface area (Å²) in [6.07, 6.45) is -0.120. The number of fused-ring (bicyclic) bond motifs is 1. The van der Waals surface area contributed by atoms with E-state index in [-0.39, 0.29) is 29.7 Å². The quantitative estimate of drug-likeness (QED) is 0.754. The number of carbonyl (C=O) groups is 1. The molecule has 1 aromatic carbocycles. The van der Waals surface area contributed by atoms with E-state index in [1.54, 1.807) is 44.2 Å². The summed E-state index contributed by atoms with van der Waals surface area (Å²) in [4.78, 5) is 17.2. The lowest BCUT2D eigenvalue weighted by atomic mass is 10.0. The molecule has 0 spiro atoms. The van der Waals surface area contributed by atoms with Crippen LogP contribution in [0.15, 0.2) is 18.2 Å². The van der Waals surface area contributed by atoms with E-state index in [0.29, 0.717) is 30.2 Å². The van der Waals surface area contributed by atoms with Crippen LogP contribution in [0.1, 0.15) is 38.1 Å². The summed E-state index contributed by atoms with van der Waals surface area (Å²) < 4.78 is 38.2. The van der Waals surface area contributed by atoms with Gasteiger partial charge in [0.05, 0.1) is 17.4 Å². The molecule has 1 aromatic rings. The molecule has 0 bridgehead atoms. The number of rotatable bonds is 5. The number of methoxy groups -OCH3 is 1. The fourth-order valence-corrected chi connectivity index (χ4v) is 4.24. The number of hydrogen-bond donors (Lipinski definition) is 1. The molecule has 9 heteroatoms. The number of likely N-dealkylation sites (N-methyl/N-ethyl adjacent to an activating group) is 2. The number of anilines is 1. The van der Waals surface area contributed by atoms with Gasteiger partial charge in [-0.1, -0.05) is 13.8 Å². The molecule has 170 valence electrons. The van der Waals surface area contributed by atoms with Crippen molar-refractivity contribution in [3.63, 3.8) is 0 Å². The highest BCUT2D eigenvalue weighted by atomic mass is 32.2. The SMILES string of the molecule is CCN1C[C@@H](C)[C@H](OC)CN(C)C(=O)c2cc(NS(=O)(=O)CC)ccc2OC[C@H]1C. The molecule has 0 aromatic heterocycles. The van der Waals surface area contributed by atoms with Crippen LogP contribution in [-0.4, -0.2) is 82.4 Å². The molecule has 8 nitrogen and oxygen atoms in total. The molecule has 2 rings (SSSR count). The second-order valence-electron chi connectivity index (χ2n) is 7.90. The first-order chi connectivity index (χ1) is 14.1. The van der Waals surface area contributed by atoms with E-state index in [0.717, 1.165) is 13.1 Å². The van der Waals surface area contributed by atoms with Crippen molar-refractivity contribution in [3.8, 4) is 5.75 Å². The van der Waals surface area contributed by atoms with E-state index >= 15 is 0 Å². The summed E-state index contributed by atoms with van der Waals surface area (Å²) in [5, 5.41) is 0. The predicted octanol–water partition coefficient (Wildman–Crippen LogP) is 2.27. The lowest BCUT2D eigenvalue weighted by Crippen LogP contribution is -2.46. The average Bonchev–Trinajstić information content (AvgIpc) is 2.72. The molecule has 1 N–H and O–H groups in total. The first-order valence-electron chi connectivity index (χ1n) is 10.4. The molecular weight excluding hydrogens is 406 g/mol. The Balaban J connectivity index is 2.44. The van der Waals surface area contributed by atoms with Gasteiger partial charge in [-0.2, -0.15) is 0 Å². The standard InChI is InChI=1S/C21H35N3O5S/c1-7-24-12-15(3)20(28-6)13-23(5)21(25)18-11-17(22-30(26,27)8-2)9-10-19(18)29-14-16(24)4/h9-11,15-16,20,22H,7-8,12-14H2,1-6H3/t15-,16-,20-/m1/s1. The molecule has 1 aliphatic heterocycles. The van der Waals surface area contributed by atoms with Crippen molar-refractivity contribution in [3.05, 3.63) is 23.8 Å². The minimum Gasteiger partial charge on any atom is -0.491 e. The fourth-order valence-electron chi connectivity index (χ4n) is 3.61. The van der Waals surface area contributed by atoms with Crippen molar-refractivity contribution in [1.29, 1.82) is 0 Å². The highest BCUT2D eigenvalue weighted by Crippen LogP contribution is 2.27. The van der Waals surface area contributed by atoms with Crippen LogP contribution in [0.4, 0.5) is 5.69 Å². The van der Waals surface area contributed by atoms with Gasteiger partial charge in [0.25, 0.3) is 5.91 Å². The summed E-state index contributed by atoms with van der Waals surface area (Å²) in [5.41, 5.74) is 0.667. The van der Waals surface area contributed by atoms with Crippen LogP contribution in [0, 0.1) is 5.92 Å². The Hall–Kier alpha value is -1.84. The van der Waals surface area contributed by atoms with Crippen molar-refractivity contribution >= 4 is 21.6 Å². The van der Waals surface area contributed by atoms with Crippen LogP contribution >= 0.6 is 0 Å². The lowest BCUT2D eigenvalue weighted by Gasteiger charge is -2.35. The zero-order chi connectivity index (χ0) is 22.5. The number of ether oxygens (including phenoxy) is 2. The van der Waals surface area contributed by atoms with Gasteiger partial charge in [0.1, 0.15) is 12.4 Å². The van der Waals surface area contributed by atoms with E-state index in [1.807, 2.05) is 0 Å². The summed E-state index contributed by atoms with van der Waals surface area (Å²) in [7, 11) is -0.0636. The summed E-state index contributed by atoms with van der Waals surface area (Å²) >= 11 is 0. The van der Waals surface area contributed by atoms with Crippen molar-refractivity contribution in [1.82, 2.24) is 9.80 Å². The van der Waals surface area contributed by atoms with Crippen LogP contribution in [-0.2, 0) is 14.8 Å². The average molecular weight is 442 g/mol. The number of nitrogens with zero attached hydrogens (tertiary/aromatic N) is 2. The predicted molar refractivity (Wildman–Crippen MR) is 119 cm³/mol. The van der Waals surface area contributed by atoms with Crippen molar-refractivity contribution in [2.75, 3.05) is 50.9 Å². The Morgan fingerprint density at radius 3 is 2.53 bits per heavy atom. The molecular formula is C21H35N3O5S. The zero-order valence-corrected chi connectivity index (χ0v) is 19.7. The van der Waals surface area contributed by atoms with Gasteiger partial charge < -0.3 is 14.4 Å². The third-order valence-corrected chi connectivity index (χ3v) is 6.94. The Morgan fingerprint density at radius 1 is 1.23 bits per heavy atom. The molecule has 0 saturated heterocycles. The van der Waals surface area contributed by atoms with Gasteiger partial charge in [-0.3, -0.25) is 14.4 Å². The zero-order valence-electron chi connectivity index (χ0n) is 18.8. The molecule has 0 radical (unpaired) electrons. The Bertz CT molecular complexity index is 830. The molecule has 3 atom stereocenters. The van der Waals surface area contributed by atoms with E-state index in [2.05, 4.69) is 30.4 Å². The molecule has 0 aliphatic carbocycles. The number of hydrogen-bond acceptors (Lipinski definition) is 6. The fraction of sp³-hybridized carbons (Fsp3) is 0.667. The molecule has 1 aliphatic rings. The van der Waals surface area contributed by atoms with Crippen LogP contribution in [0.25, 0.3) is 0 Å². The second-order valence-corrected chi connectivity index (χ2v) is 9.91. The number of amides is 1. The minimum absolute atomic E-state index is 0.0494. The summed E-state index contributed by atoms with van der Waals surface area (Å²) in [6, 6.07) is 4.96. The molecule has 1 amide bonds. The van der Waals surface area contributed by atoms with Gasteiger partial charge in [0, 0.05) is 39.0 Å². The molecule has 0 fully saturated rings. The maximum absolute atomic E-state index is 13.2. The van der Waals surface area contributed by atoms with E-state index in [4.69, 9.17) is 9.47 Å². The highest BCUT2D eigenvalue weighted by molar-refractivity contribution is 7.92. The molecule has 0 saturated carbocycles. The van der Waals surface area contributed by atoms with Crippen molar-refractivity contribution in [2.45, 2.75) is 39.8 Å². The smallest absolute Gasteiger partial charge is 0.257 e. The van der Waals surface area contributed by atoms with E-state index in [1.165, 1.54) is 0 Å². The maximum atomic E-state index is 13.2. The Labute approximate surface area is 180 Å². The largest absolute Gasteiger partial charge is 0.491 e. The van der Waals surface area contributed by atoms with Crippen LogP contribution < -0.4 is 9.46 Å². The normalized spacial score (nSPS) is 24.4. The third-order valence-electron chi connectivity index (χ3n) is 5.63. The topological polar surface area (TPSA) is 88.2 Å². The Morgan fingerprint density at radius 2 is 1.93 bits per heavy atom. The number of benzene rings is 1. The van der Waals surface area contributed by atoms with E-state index < -0.39 is 10.0 Å². The number of carbonyl (C=O) groups excluding carboxylic acids is 1. The van der Waals surface area contributed by atoms with Gasteiger partial charge >= 0.3 is 0 Å². The van der Waals surface area contributed by atoms with Gasteiger partial charge in [0.2, 0.25) is 10.0 Å². The summed E-state index contributed by atoms with van der Waals surface area (Å²) in [6.45, 7) is 10.5. The minimum atomic E-state index is -3.45. The maximum Gasteiger partial charge on any atom is 0.257 e. The number of sulfonamides is 1. The molecule has 0 unspecified atom stereocenters. The second kappa shape index (κ2) is 10.5. The first kappa shape index (κ1) is 24.4. The Kier molecular flexibility index (Phi) is 8.52. The van der Waals surface area contributed by atoms with Gasteiger partial charge in [-0.25, -0.2) is 8.42 Å². The summed E-state index contributed by atoms with van der Waals surface area (Å²) in [5.74, 6) is 0.370. The van der Waals surface area contributed by atoms with Gasteiger partial charge in [0.15, 0.2) is 0 Å². The highest BCUT2D eigenvalue weighted by Gasteiger charge is 2.28. The molecule has 30 heavy (non-hydrogen) atoms. The molecule has 1 heterocycles. The van der Waals surface area contributed by atoms with Crippen LogP contribution in [0.5, 0.6) is 5.75 Å². The van der Waals surface area contributed by atoms with Crippen LogP contribution in [0.2, 0.25) is 0 Å². The van der Waals surface area contributed by atoms with Crippen LogP contribution in [0.3, 0.4) is 0 Å². The number of nitrogens with one attached hydrogen (secondary N) is 1. The first-order valence-corrected chi connectivity index (χ1v) is 12.1. The monoisotopic (exact) mass is 441 g/mol. The van der Waals surface area contributed by atoms with Gasteiger partial charge in [-0.15, -0.1) is 0 Å². The van der Waals surface area contributed by atoms with Crippen molar-refractivity contribution in [2.24, 2.45) is 5.92 Å².